The quantitative estimate of drug-likeness (QED) is 0.662. The predicted octanol–water partition coefficient (Wildman–Crippen LogP) is -0.425. The van der Waals surface area contributed by atoms with E-state index in [4.69, 9.17) is 16.2 Å². The van der Waals surface area contributed by atoms with Crippen LogP contribution in [0, 0.1) is 0 Å². The number of primary amides is 1. The molecule has 5 heteroatoms. The summed E-state index contributed by atoms with van der Waals surface area (Å²) in [4.78, 5) is 14.6. The summed E-state index contributed by atoms with van der Waals surface area (Å²) in [7, 11) is 1.51. The van der Waals surface area contributed by atoms with Crippen molar-refractivity contribution in [3.8, 4) is 5.88 Å². The summed E-state index contributed by atoms with van der Waals surface area (Å²) < 4.78 is 4.84. The zero-order valence-corrected chi connectivity index (χ0v) is 7.23. The highest BCUT2D eigenvalue weighted by atomic mass is 16.5. The van der Waals surface area contributed by atoms with Crippen LogP contribution in [0.3, 0.4) is 0 Å². The van der Waals surface area contributed by atoms with E-state index < -0.39 is 11.9 Å². The number of hydrogen-bond donors (Lipinski definition) is 2. The molecule has 1 rings (SSSR count). The largest absolute Gasteiger partial charge is 0.481 e. The molecule has 0 aromatic carbocycles. The number of rotatable bonds is 3. The zero-order valence-electron chi connectivity index (χ0n) is 7.23. The minimum atomic E-state index is -0.807. The van der Waals surface area contributed by atoms with E-state index >= 15 is 0 Å². The lowest BCUT2D eigenvalue weighted by molar-refractivity contribution is -0.119. The van der Waals surface area contributed by atoms with Gasteiger partial charge in [-0.25, -0.2) is 4.98 Å². The van der Waals surface area contributed by atoms with Gasteiger partial charge in [0.25, 0.3) is 0 Å². The first-order valence-electron chi connectivity index (χ1n) is 3.70. The Morgan fingerprint density at radius 1 is 1.62 bits per heavy atom. The van der Waals surface area contributed by atoms with E-state index in [-0.39, 0.29) is 0 Å². The summed E-state index contributed by atoms with van der Waals surface area (Å²) in [6, 6.07) is 2.47. The minimum Gasteiger partial charge on any atom is -0.481 e. The second kappa shape index (κ2) is 3.86. The van der Waals surface area contributed by atoms with E-state index in [1.165, 1.54) is 13.3 Å². The summed E-state index contributed by atoms with van der Waals surface area (Å²) >= 11 is 0. The number of pyridine rings is 1. The third-order valence-electron chi connectivity index (χ3n) is 1.63. The average molecular weight is 181 g/mol. The molecule has 0 bridgehead atoms. The predicted molar refractivity (Wildman–Crippen MR) is 46.9 cm³/mol. The van der Waals surface area contributed by atoms with Crippen LogP contribution in [0.25, 0.3) is 0 Å². The first-order chi connectivity index (χ1) is 6.15. The SMILES string of the molecule is COc1ccc(C(N)C(N)=O)cn1. The van der Waals surface area contributed by atoms with Crippen molar-refractivity contribution in [3.63, 3.8) is 0 Å². The molecule has 0 aliphatic rings. The fraction of sp³-hybridized carbons (Fsp3) is 0.250. The van der Waals surface area contributed by atoms with Crippen molar-refractivity contribution in [2.45, 2.75) is 6.04 Å². The van der Waals surface area contributed by atoms with E-state index in [0.29, 0.717) is 11.4 Å². The van der Waals surface area contributed by atoms with Crippen molar-refractivity contribution >= 4 is 5.91 Å². The highest BCUT2D eigenvalue weighted by molar-refractivity contribution is 5.81. The monoisotopic (exact) mass is 181 g/mol. The van der Waals surface area contributed by atoms with Crippen LogP contribution in [0.4, 0.5) is 0 Å². The molecule has 70 valence electrons. The summed E-state index contributed by atoms with van der Waals surface area (Å²) in [6.07, 6.45) is 1.47. The van der Waals surface area contributed by atoms with Gasteiger partial charge in [-0.1, -0.05) is 6.07 Å². The maximum Gasteiger partial charge on any atom is 0.238 e. The smallest absolute Gasteiger partial charge is 0.238 e. The summed E-state index contributed by atoms with van der Waals surface area (Å²) in [6.45, 7) is 0. The Kier molecular flexibility index (Phi) is 2.81. The van der Waals surface area contributed by atoms with Crippen LogP contribution in [0.1, 0.15) is 11.6 Å². The van der Waals surface area contributed by atoms with E-state index in [1.54, 1.807) is 12.1 Å². The van der Waals surface area contributed by atoms with Gasteiger partial charge in [-0.15, -0.1) is 0 Å². The lowest BCUT2D eigenvalue weighted by Crippen LogP contribution is -2.28. The van der Waals surface area contributed by atoms with Crippen LogP contribution < -0.4 is 16.2 Å². The number of hydrogen-bond acceptors (Lipinski definition) is 4. The topological polar surface area (TPSA) is 91.2 Å². The lowest BCUT2D eigenvalue weighted by atomic mass is 10.1. The molecule has 1 aromatic heterocycles. The lowest BCUT2D eigenvalue weighted by Gasteiger charge is -2.06. The number of ether oxygens (including phenoxy) is 1. The number of carbonyl (C=O) groups is 1. The van der Waals surface area contributed by atoms with Crippen LogP contribution in [0.5, 0.6) is 5.88 Å². The van der Waals surface area contributed by atoms with Gasteiger partial charge in [0.1, 0.15) is 6.04 Å². The van der Waals surface area contributed by atoms with Gasteiger partial charge < -0.3 is 16.2 Å². The van der Waals surface area contributed by atoms with Crippen LogP contribution in [0.2, 0.25) is 0 Å². The molecular formula is C8H11N3O2. The Labute approximate surface area is 75.7 Å². The fourth-order valence-electron chi connectivity index (χ4n) is 0.861. The molecule has 5 nitrogen and oxygen atoms in total. The van der Waals surface area contributed by atoms with Gasteiger partial charge in [-0.3, -0.25) is 4.79 Å². The number of amides is 1. The Morgan fingerprint density at radius 3 is 2.69 bits per heavy atom. The van der Waals surface area contributed by atoms with Gasteiger partial charge >= 0.3 is 0 Å². The molecule has 1 amide bonds. The van der Waals surface area contributed by atoms with Gasteiger partial charge in [-0.2, -0.15) is 0 Å². The fourth-order valence-corrected chi connectivity index (χ4v) is 0.861. The molecule has 0 aliphatic carbocycles. The summed E-state index contributed by atoms with van der Waals surface area (Å²) in [5, 5.41) is 0. The van der Waals surface area contributed by atoms with E-state index in [0.717, 1.165) is 0 Å². The molecule has 1 atom stereocenters. The first kappa shape index (κ1) is 9.47. The van der Waals surface area contributed by atoms with Crippen molar-refractivity contribution in [2.75, 3.05) is 7.11 Å². The third kappa shape index (κ3) is 2.16. The number of aromatic nitrogens is 1. The second-order valence-corrected chi connectivity index (χ2v) is 2.51. The summed E-state index contributed by atoms with van der Waals surface area (Å²) in [5.74, 6) is -0.104. The first-order valence-corrected chi connectivity index (χ1v) is 3.70. The molecule has 1 heterocycles. The highest BCUT2D eigenvalue weighted by Crippen LogP contribution is 2.11. The van der Waals surface area contributed by atoms with Crippen molar-refractivity contribution < 1.29 is 9.53 Å². The molecule has 0 spiro atoms. The van der Waals surface area contributed by atoms with Gasteiger partial charge in [-0.05, 0) is 5.56 Å². The Balaban J connectivity index is 2.85. The standard InChI is InChI=1S/C8H11N3O2/c1-13-6-3-2-5(4-11-6)7(9)8(10)12/h2-4,7H,9H2,1H3,(H2,10,12). The molecule has 0 saturated heterocycles. The van der Waals surface area contributed by atoms with Crippen LogP contribution in [0.15, 0.2) is 18.3 Å². The molecule has 4 N–H and O–H groups in total. The molecule has 0 aliphatic heterocycles. The Bertz CT molecular complexity index is 297. The van der Waals surface area contributed by atoms with Crippen molar-refractivity contribution in [2.24, 2.45) is 11.5 Å². The van der Waals surface area contributed by atoms with E-state index in [1.807, 2.05) is 0 Å². The summed E-state index contributed by atoms with van der Waals surface area (Å²) in [5.41, 5.74) is 11.1. The molecule has 1 aromatic rings. The second-order valence-electron chi connectivity index (χ2n) is 2.51. The highest BCUT2D eigenvalue weighted by Gasteiger charge is 2.11. The van der Waals surface area contributed by atoms with E-state index in [2.05, 4.69) is 4.98 Å². The molecule has 0 radical (unpaired) electrons. The zero-order chi connectivity index (χ0) is 9.84. The van der Waals surface area contributed by atoms with Gasteiger partial charge in [0.2, 0.25) is 11.8 Å². The van der Waals surface area contributed by atoms with Crippen LogP contribution in [-0.2, 0) is 4.79 Å². The number of nitrogens with zero attached hydrogens (tertiary/aromatic N) is 1. The molecule has 0 fully saturated rings. The third-order valence-corrected chi connectivity index (χ3v) is 1.63. The average Bonchev–Trinajstić information content (AvgIpc) is 2.17. The van der Waals surface area contributed by atoms with Gasteiger partial charge in [0.15, 0.2) is 0 Å². The van der Waals surface area contributed by atoms with Crippen LogP contribution in [-0.4, -0.2) is 18.0 Å². The number of nitrogens with two attached hydrogens (primary N) is 2. The Hall–Kier alpha value is -1.62. The van der Waals surface area contributed by atoms with Crippen molar-refractivity contribution in [1.29, 1.82) is 0 Å². The van der Waals surface area contributed by atoms with Crippen LogP contribution >= 0.6 is 0 Å². The number of carbonyl (C=O) groups excluding carboxylic acids is 1. The maximum atomic E-state index is 10.7. The van der Waals surface area contributed by atoms with Gasteiger partial charge in [0.05, 0.1) is 7.11 Å². The number of methoxy groups -OCH3 is 1. The normalized spacial score (nSPS) is 12.2. The maximum absolute atomic E-state index is 10.7. The molecule has 1 unspecified atom stereocenters. The Morgan fingerprint density at radius 2 is 2.31 bits per heavy atom. The van der Waals surface area contributed by atoms with Crippen molar-refractivity contribution in [1.82, 2.24) is 4.98 Å². The molecule has 13 heavy (non-hydrogen) atoms. The minimum absolute atomic E-state index is 0.473. The van der Waals surface area contributed by atoms with E-state index in [9.17, 15) is 4.79 Å². The molecular weight excluding hydrogens is 170 g/mol. The van der Waals surface area contributed by atoms with Gasteiger partial charge in [0, 0.05) is 12.3 Å². The van der Waals surface area contributed by atoms with Crippen molar-refractivity contribution in [3.05, 3.63) is 23.9 Å². The molecule has 0 saturated carbocycles.